The second kappa shape index (κ2) is 4.30. The maximum atomic E-state index is 5.92. The Kier molecular flexibility index (Phi) is 2.76. The SMILES string of the molecule is Nc1cc(Br)cc(-c2nc3cc(Cl)ccc3o2)c1. The fourth-order valence-electron chi connectivity index (χ4n) is 1.76. The van der Waals surface area contributed by atoms with Crippen LogP contribution in [0.25, 0.3) is 22.6 Å². The van der Waals surface area contributed by atoms with Crippen molar-refractivity contribution in [2.75, 3.05) is 5.73 Å². The van der Waals surface area contributed by atoms with Crippen LogP contribution >= 0.6 is 27.5 Å². The zero-order valence-electron chi connectivity index (χ0n) is 9.15. The lowest BCUT2D eigenvalue weighted by Gasteiger charge is -1.99. The predicted octanol–water partition coefficient (Wildman–Crippen LogP) is 4.49. The molecular weight excluding hydrogens is 316 g/mol. The van der Waals surface area contributed by atoms with Crippen LogP contribution in [0.5, 0.6) is 0 Å². The molecule has 0 saturated heterocycles. The highest BCUT2D eigenvalue weighted by Gasteiger charge is 2.09. The number of hydrogen-bond acceptors (Lipinski definition) is 3. The smallest absolute Gasteiger partial charge is 0.227 e. The quantitative estimate of drug-likeness (QED) is 0.671. The van der Waals surface area contributed by atoms with Crippen LogP contribution in [0, 0.1) is 0 Å². The van der Waals surface area contributed by atoms with E-state index in [1.54, 1.807) is 18.2 Å². The van der Waals surface area contributed by atoms with Crippen LogP contribution in [-0.2, 0) is 0 Å². The van der Waals surface area contributed by atoms with Crippen molar-refractivity contribution in [3.63, 3.8) is 0 Å². The maximum absolute atomic E-state index is 5.92. The molecule has 0 atom stereocenters. The van der Waals surface area contributed by atoms with E-state index in [2.05, 4.69) is 20.9 Å². The Morgan fingerprint density at radius 3 is 2.78 bits per heavy atom. The van der Waals surface area contributed by atoms with Crippen LogP contribution in [-0.4, -0.2) is 4.98 Å². The number of nitrogens with zero attached hydrogens (tertiary/aromatic N) is 1. The highest BCUT2D eigenvalue weighted by atomic mass is 79.9. The van der Waals surface area contributed by atoms with Gasteiger partial charge in [-0.05, 0) is 36.4 Å². The minimum absolute atomic E-state index is 0.528. The summed E-state index contributed by atoms with van der Waals surface area (Å²) in [6.45, 7) is 0. The van der Waals surface area contributed by atoms with E-state index in [0.717, 1.165) is 15.6 Å². The molecule has 1 aromatic heterocycles. The minimum atomic E-state index is 0.528. The monoisotopic (exact) mass is 322 g/mol. The highest BCUT2D eigenvalue weighted by Crippen LogP contribution is 2.29. The molecule has 0 amide bonds. The zero-order valence-corrected chi connectivity index (χ0v) is 11.5. The molecule has 0 fully saturated rings. The molecule has 0 unspecified atom stereocenters. The number of rotatable bonds is 1. The number of anilines is 1. The topological polar surface area (TPSA) is 52.0 Å². The van der Waals surface area contributed by atoms with Gasteiger partial charge in [0.2, 0.25) is 5.89 Å². The molecule has 0 saturated carbocycles. The van der Waals surface area contributed by atoms with Crippen LogP contribution in [0.3, 0.4) is 0 Å². The summed E-state index contributed by atoms with van der Waals surface area (Å²) in [4.78, 5) is 4.40. The van der Waals surface area contributed by atoms with Crippen LogP contribution in [0.1, 0.15) is 0 Å². The molecule has 0 aliphatic carbocycles. The number of hydrogen-bond donors (Lipinski definition) is 1. The number of aromatic nitrogens is 1. The number of nitrogen functional groups attached to an aromatic ring is 1. The molecule has 5 heteroatoms. The molecule has 3 aromatic rings. The van der Waals surface area contributed by atoms with E-state index in [0.29, 0.717) is 22.2 Å². The molecule has 90 valence electrons. The fraction of sp³-hybridized carbons (Fsp3) is 0. The summed E-state index contributed by atoms with van der Waals surface area (Å²) in [7, 11) is 0. The summed E-state index contributed by atoms with van der Waals surface area (Å²) in [5.41, 5.74) is 8.71. The van der Waals surface area contributed by atoms with Gasteiger partial charge in [-0.25, -0.2) is 4.98 Å². The van der Waals surface area contributed by atoms with Crippen molar-refractivity contribution in [1.82, 2.24) is 4.98 Å². The number of fused-ring (bicyclic) bond motifs is 1. The van der Waals surface area contributed by atoms with Crippen molar-refractivity contribution >= 4 is 44.3 Å². The molecule has 3 rings (SSSR count). The van der Waals surface area contributed by atoms with Crippen molar-refractivity contribution in [1.29, 1.82) is 0 Å². The van der Waals surface area contributed by atoms with E-state index in [1.165, 1.54) is 0 Å². The second-order valence-corrected chi connectivity index (χ2v) is 5.26. The van der Waals surface area contributed by atoms with Gasteiger partial charge in [0.1, 0.15) is 5.52 Å². The lowest BCUT2D eigenvalue weighted by Crippen LogP contribution is -1.86. The normalized spacial score (nSPS) is 11.0. The fourth-order valence-corrected chi connectivity index (χ4v) is 2.44. The van der Waals surface area contributed by atoms with Crippen LogP contribution < -0.4 is 5.73 Å². The Labute approximate surface area is 117 Å². The molecular formula is C13H8BrClN2O. The Bertz CT molecular complexity index is 719. The average Bonchev–Trinajstić information content (AvgIpc) is 2.70. The summed E-state index contributed by atoms with van der Waals surface area (Å²) in [5, 5.41) is 0.635. The Morgan fingerprint density at radius 2 is 2.00 bits per heavy atom. The van der Waals surface area contributed by atoms with E-state index in [-0.39, 0.29) is 0 Å². The third-order valence-corrected chi connectivity index (χ3v) is 3.21. The van der Waals surface area contributed by atoms with Gasteiger partial charge in [-0.15, -0.1) is 0 Å². The lowest BCUT2D eigenvalue weighted by atomic mass is 10.2. The van der Waals surface area contributed by atoms with E-state index in [9.17, 15) is 0 Å². The van der Waals surface area contributed by atoms with Gasteiger partial charge in [-0.1, -0.05) is 27.5 Å². The molecule has 0 spiro atoms. The Balaban J connectivity index is 2.19. The van der Waals surface area contributed by atoms with Gasteiger partial charge in [-0.3, -0.25) is 0 Å². The van der Waals surface area contributed by atoms with E-state index in [4.69, 9.17) is 21.8 Å². The Hall–Kier alpha value is -1.52. The van der Waals surface area contributed by atoms with Crippen molar-refractivity contribution in [2.45, 2.75) is 0 Å². The van der Waals surface area contributed by atoms with E-state index < -0.39 is 0 Å². The summed E-state index contributed by atoms with van der Waals surface area (Å²) in [5.74, 6) is 0.528. The molecule has 1 heterocycles. The number of oxazole rings is 1. The van der Waals surface area contributed by atoms with Crippen LogP contribution in [0.4, 0.5) is 5.69 Å². The first-order valence-electron chi connectivity index (χ1n) is 5.24. The number of nitrogens with two attached hydrogens (primary N) is 1. The molecule has 2 aromatic carbocycles. The molecule has 0 aliphatic rings. The van der Waals surface area contributed by atoms with Gasteiger partial charge in [-0.2, -0.15) is 0 Å². The second-order valence-electron chi connectivity index (χ2n) is 3.90. The summed E-state index contributed by atoms with van der Waals surface area (Å²) >= 11 is 9.31. The van der Waals surface area contributed by atoms with Crippen molar-refractivity contribution < 1.29 is 4.42 Å². The lowest BCUT2D eigenvalue weighted by molar-refractivity contribution is 0.620. The van der Waals surface area contributed by atoms with Gasteiger partial charge in [0.15, 0.2) is 5.58 Å². The summed E-state index contributed by atoms with van der Waals surface area (Å²) < 4.78 is 6.56. The third kappa shape index (κ3) is 2.09. The van der Waals surface area contributed by atoms with Gasteiger partial charge in [0.25, 0.3) is 0 Å². The van der Waals surface area contributed by atoms with Crippen LogP contribution in [0.2, 0.25) is 5.02 Å². The average molecular weight is 324 g/mol. The summed E-state index contributed by atoms with van der Waals surface area (Å²) in [6.07, 6.45) is 0. The number of benzene rings is 2. The minimum Gasteiger partial charge on any atom is -0.436 e. The first kappa shape index (κ1) is 11.6. The number of halogens is 2. The van der Waals surface area contributed by atoms with Crippen molar-refractivity contribution in [3.05, 3.63) is 45.9 Å². The van der Waals surface area contributed by atoms with Crippen molar-refractivity contribution in [2.24, 2.45) is 0 Å². The van der Waals surface area contributed by atoms with Gasteiger partial charge < -0.3 is 10.2 Å². The third-order valence-electron chi connectivity index (χ3n) is 2.52. The van der Waals surface area contributed by atoms with E-state index in [1.807, 2.05) is 18.2 Å². The summed E-state index contributed by atoms with van der Waals surface area (Å²) in [6, 6.07) is 10.9. The van der Waals surface area contributed by atoms with Gasteiger partial charge >= 0.3 is 0 Å². The first-order chi connectivity index (χ1) is 8.61. The standard InChI is InChI=1S/C13H8BrClN2O/c14-8-3-7(4-10(16)5-8)13-17-11-6-9(15)1-2-12(11)18-13/h1-6H,16H2. The maximum Gasteiger partial charge on any atom is 0.227 e. The molecule has 0 bridgehead atoms. The molecule has 2 N–H and O–H groups in total. The highest BCUT2D eigenvalue weighted by molar-refractivity contribution is 9.10. The molecule has 0 aliphatic heterocycles. The largest absolute Gasteiger partial charge is 0.436 e. The van der Waals surface area contributed by atoms with E-state index >= 15 is 0 Å². The molecule has 3 nitrogen and oxygen atoms in total. The van der Waals surface area contributed by atoms with Crippen molar-refractivity contribution in [3.8, 4) is 11.5 Å². The predicted molar refractivity (Wildman–Crippen MR) is 76.6 cm³/mol. The molecule has 0 radical (unpaired) electrons. The van der Waals surface area contributed by atoms with Gasteiger partial charge in [0.05, 0.1) is 0 Å². The first-order valence-corrected chi connectivity index (χ1v) is 6.41. The molecule has 18 heavy (non-hydrogen) atoms. The van der Waals surface area contributed by atoms with Gasteiger partial charge in [0, 0.05) is 20.7 Å². The zero-order chi connectivity index (χ0) is 12.7. The van der Waals surface area contributed by atoms with Crippen LogP contribution in [0.15, 0.2) is 45.3 Å². The Morgan fingerprint density at radius 1 is 1.17 bits per heavy atom.